The van der Waals surface area contributed by atoms with E-state index >= 15 is 0 Å². The first kappa shape index (κ1) is 11.5. The zero-order valence-electron chi connectivity index (χ0n) is 8.56. The Morgan fingerprint density at radius 1 is 1.43 bits per heavy atom. The second kappa shape index (κ2) is 5.35. The molecule has 0 unspecified atom stereocenters. The smallest absolute Gasteiger partial charge is 0.146 e. The van der Waals surface area contributed by atoms with Crippen molar-refractivity contribution in [3.63, 3.8) is 0 Å². The maximum atomic E-state index is 13.4. The standard InChI is InChI=1S/C11H15BrFN/c1-3-4-7-14(2)11-8-9(12)5-6-10(11)13/h5-6,8H,3-4,7H2,1-2H3. The second-order valence-corrected chi connectivity index (χ2v) is 4.29. The summed E-state index contributed by atoms with van der Waals surface area (Å²) in [5.74, 6) is -0.160. The van der Waals surface area contributed by atoms with Crippen molar-refractivity contribution < 1.29 is 4.39 Å². The molecule has 0 aromatic heterocycles. The normalized spacial score (nSPS) is 10.3. The Morgan fingerprint density at radius 3 is 2.79 bits per heavy atom. The number of anilines is 1. The van der Waals surface area contributed by atoms with Crippen LogP contribution in [0.3, 0.4) is 0 Å². The van der Waals surface area contributed by atoms with E-state index in [9.17, 15) is 4.39 Å². The van der Waals surface area contributed by atoms with E-state index in [1.807, 2.05) is 18.0 Å². The van der Waals surface area contributed by atoms with Gasteiger partial charge >= 0.3 is 0 Å². The summed E-state index contributed by atoms with van der Waals surface area (Å²) < 4.78 is 14.3. The summed E-state index contributed by atoms with van der Waals surface area (Å²) in [6, 6.07) is 5.01. The lowest BCUT2D eigenvalue weighted by molar-refractivity contribution is 0.619. The minimum absolute atomic E-state index is 0.160. The van der Waals surface area contributed by atoms with Gasteiger partial charge < -0.3 is 4.90 Å². The molecule has 0 aliphatic heterocycles. The maximum Gasteiger partial charge on any atom is 0.146 e. The van der Waals surface area contributed by atoms with Gasteiger partial charge in [0.2, 0.25) is 0 Å². The molecule has 1 aromatic rings. The SMILES string of the molecule is CCCCN(C)c1cc(Br)ccc1F. The Labute approximate surface area is 93.0 Å². The van der Waals surface area contributed by atoms with Crippen molar-refractivity contribution in [3.05, 3.63) is 28.5 Å². The van der Waals surface area contributed by atoms with Crippen LogP contribution in [0.2, 0.25) is 0 Å². The summed E-state index contributed by atoms with van der Waals surface area (Å²) in [7, 11) is 1.92. The van der Waals surface area contributed by atoms with E-state index in [4.69, 9.17) is 0 Å². The van der Waals surface area contributed by atoms with Gasteiger partial charge in [0, 0.05) is 18.1 Å². The molecule has 1 rings (SSSR count). The van der Waals surface area contributed by atoms with Crippen LogP contribution in [0.4, 0.5) is 10.1 Å². The van der Waals surface area contributed by atoms with Crippen molar-refractivity contribution >= 4 is 21.6 Å². The first-order valence-corrected chi connectivity index (χ1v) is 5.60. The van der Waals surface area contributed by atoms with Crippen LogP contribution < -0.4 is 4.90 Å². The lowest BCUT2D eigenvalue weighted by atomic mass is 10.2. The van der Waals surface area contributed by atoms with Crippen LogP contribution in [0.1, 0.15) is 19.8 Å². The van der Waals surface area contributed by atoms with Gasteiger partial charge in [0.05, 0.1) is 5.69 Å². The molecule has 0 N–H and O–H groups in total. The lowest BCUT2D eigenvalue weighted by Gasteiger charge is -2.19. The molecule has 1 nitrogen and oxygen atoms in total. The van der Waals surface area contributed by atoms with Crippen LogP contribution in [-0.2, 0) is 0 Å². The molecule has 0 fully saturated rings. The molecule has 0 aliphatic rings. The second-order valence-electron chi connectivity index (χ2n) is 3.37. The minimum atomic E-state index is -0.160. The fourth-order valence-corrected chi connectivity index (χ4v) is 1.64. The van der Waals surface area contributed by atoms with Crippen molar-refractivity contribution in [3.8, 4) is 0 Å². The molecule has 0 amide bonds. The third kappa shape index (κ3) is 2.98. The molecule has 0 saturated heterocycles. The van der Waals surface area contributed by atoms with E-state index in [1.165, 1.54) is 6.07 Å². The number of unbranched alkanes of at least 4 members (excludes halogenated alkanes) is 1. The van der Waals surface area contributed by atoms with Gasteiger partial charge in [-0.05, 0) is 24.6 Å². The first-order chi connectivity index (χ1) is 6.65. The quantitative estimate of drug-likeness (QED) is 0.795. The van der Waals surface area contributed by atoms with E-state index in [-0.39, 0.29) is 5.82 Å². The highest BCUT2D eigenvalue weighted by atomic mass is 79.9. The van der Waals surface area contributed by atoms with Crippen molar-refractivity contribution in [1.29, 1.82) is 0 Å². The zero-order valence-corrected chi connectivity index (χ0v) is 10.1. The monoisotopic (exact) mass is 259 g/mol. The Hall–Kier alpha value is -0.570. The van der Waals surface area contributed by atoms with Crippen LogP contribution in [0.25, 0.3) is 0 Å². The average Bonchev–Trinajstić information content (AvgIpc) is 2.18. The Bertz CT molecular complexity index is 301. The molecule has 0 atom stereocenters. The van der Waals surface area contributed by atoms with Gasteiger partial charge in [0.25, 0.3) is 0 Å². The highest BCUT2D eigenvalue weighted by Gasteiger charge is 2.06. The van der Waals surface area contributed by atoms with Gasteiger partial charge in [-0.2, -0.15) is 0 Å². The fourth-order valence-electron chi connectivity index (χ4n) is 1.29. The average molecular weight is 260 g/mol. The van der Waals surface area contributed by atoms with Crippen LogP contribution in [-0.4, -0.2) is 13.6 Å². The van der Waals surface area contributed by atoms with Crippen molar-refractivity contribution in [2.75, 3.05) is 18.5 Å². The van der Waals surface area contributed by atoms with Crippen LogP contribution in [0, 0.1) is 5.82 Å². The van der Waals surface area contributed by atoms with Gasteiger partial charge in [-0.15, -0.1) is 0 Å². The van der Waals surface area contributed by atoms with E-state index in [1.54, 1.807) is 6.07 Å². The molecule has 0 aliphatic carbocycles. The number of nitrogens with zero attached hydrogens (tertiary/aromatic N) is 1. The molecule has 0 spiro atoms. The molecule has 78 valence electrons. The minimum Gasteiger partial charge on any atom is -0.372 e. The van der Waals surface area contributed by atoms with Crippen LogP contribution >= 0.6 is 15.9 Å². The Morgan fingerprint density at radius 2 is 2.14 bits per heavy atom. The van der Waals surface area contributed by atoms with Gasteiger partial charge in [0.15, 0.2) is 0 Å². The van der Waals surface area contributed by atoms with Gasteiger partial charge in [-0.25, -0.2) is 4.39 Å². The summed E-state index contributed by atoms with van der Waals surface area (Å²) >= 11 is 3.34. The molecule has 1 aromatic carbocycles. The summed E-state index contributed by atoms with van der Waals surface area (Å²) in [6.07, 6.45) is 2.21. The van der Waals surface area contributed by atoms with Crippen molar-refractivity contribution in [2.24, 2.45) is 0 Å². The van der Waals surface area contributed by atoms with Crippen LogP contribution in [0.15, 0.2) is 22.7 Å². The molecule has 3 heteroatoms. The van der Waals surface area contributed by atoms with Gasteiger partial charge in [-0.3, -0.25) is 0 Å². The topological polar surface area (TPSA) is 3.24 Å². The number of benzene rings is 1. The Balaban J connectivity index is 2.77. The molecule has 0 bridgehead atoms. The predicted octanol–water partition coefficient (Wildman–Crippen LogP) is 3.82. The van der Waals surface area contributed by atoms with Crippen molar-refractivity contribution in [1.82, 2.24) is 0 Å². The summed E-state index contributed by atoms with van der Waals surface area (Å²) in [5.41, 5.74) is 0.660. The lowest BCUT2D eigenvalue weighted by Crippen LogP contribution is -2.19. The molecule has 14 heavy (non-hydrogen) atoms. The van der Waals surface area contributed by atoms with E-state index in [0.717, 1.165) is 23.9 Å². The van der Waals surface area contributed by atoms with E-state index in [2.05, 4.69) is 22.9 Å². The zero-order chi connectivity index (χ0) is 10.6. The highest BCUT2D eigenvalue weighted by Crippen LogP contribution is 2.23. The third-order valence-electron chi connectivity index (χ3n) is 2.17. The number of rotatable bonds is 4. The summed E-state index contributed by atoms with van der Waals surface area (Å²) in [4.78, 5) is 1.95. The summed E-state index contributed by atoms with van der Waals surface area (Å²) in [5, 5.41) is 0. The number of hydrogen-bond acceptors (Lipinski definition) is 1. The predicted molar refractivity (Wildman–Crippen MR) is 62.3 cm³/mol. The molecule has 0 radical (unpaired) electrons. The number of hydrogen-bond donors (Lipinski definition) is 0. The molecule has 0 saturated carbocycles. The Kier molecular flexibility index (Phi) is 4.39. The van der Waals surface area contributed by atoms with Gasteiger partial charge in [-0.1, -0.05) is 29.3 Å². The van der Waals surface area contributed by atoms with Crippen molar-refractivity contribution in [2.45, 2.75) is 19.8 Å². The first-order valence-electron chi connectivity index (χ1n) is 4.81. The van der Waals surface area contributed by atoms with E-state index in [0.29, 0.717) is 5.69 Å². The molecular weight excluding hydrogens is 245 g/mol. The summed E-state index contributed by atoms with van der Waals surface area (Å²) in [6.45, 7) is 3.02. The third-order valence-corrected chi connectivity index (χ3v) is 2.66. The molecular formula is C11H15BrFN. The van der Waals surface area contributed by atoms with Crippen LogP contribution in [0.5, 0.6) is 0 Å². The van der Waals surface area contributed by atoms with E-state index < -0.39 is 0 Å². The molecule has 0 heterocycles. The number of halogens is 2. The highest BCUT2D eigenvalue weighted by molar-refractivity contribution is 9.10. The van der Waals surface area contributed by atoms with Gasteiger partial charge in [0.1, 0.15) is 5.82 Å². The fraction of sp³-hybridized carbons (Fsp3) is 0.455. The largest absolute Gasteiger partial charge is 0.372 e. The maximum absolute atomic E-state index is 13.4.